The third-order valence-electron chi connectivity index (χ3n) is 4.51. The van der Waals surface area contributed by atoms with Crippen LogP contribution < -0.4 is 10.6 Å². The Bertz CT molecular complexity index is 883. The number of fused-ring (bicyclic) bond motifs is 1. The summed E-state index contributed by atoms with van der Waals surface area (Å²) < 4.78 is 0. The number of hydrogen-bond donors (Lipinski definition) is 3. The molecule has 3 aromatic rings. The van der Waals surface area contributed by atoms with Gasteiger partial charge in [-0.05, 0) is 55.5 Å². The maximum Gasteiger partial charge on any atom is 0.190 e. The van der Waals surface area contributed by atoms with E-state index in [1.807, 2.05) is 19.2 Å². The minimum Gasteiger partial charge on any atom is -0.361 e. The number of nitrogens with zero attached hydrogens (tertiary/aromatic N) is 2. The van der Waals surface area contributed by atoms with Gasteiger partial charge in [0, 0.05) is 49.1 Å². The van der Waals surface area contributed by atoms with Crippen molar-refractivity contribution in [2.24, 2.45) is 4.99 Å². The monoisotopic (exact) mass is 477 g/mol. The molecule has 3 rings (SSSR count). The van der Waals surface area contributed by atoms with E-state index < -0.39 is 0 Å². The van der Waals surface area contributed by atoms with Crippen molar-refractivity contribution in [3.05, 3.63) is 65.1 Å². The van der Waals surface area contributed by atoms with Crippen LogP contribution >= 0.6 is 24.0 Å². The molecule has 0 aliphatic rings. The highest BCUT2D eigenvalue weighted by molar-refractivity contribution is 14.0. The van der Waals surface area contributed by atoms with Gasteiger partial charge in [0.2, 0.25) is 0 Å². The fraction of sp³-hybridized carbons (Fsp3) is 0.333. The molecular weight excluding hydrogens is 449 g/mol. The van der Waals surface area contributed by atoms with Gasteiger partial charge in [0.15, 0.2) is 5.96 Å². The van der Waals surface area contributed by atoms with E-state index in [1.54, 1.807) is 7.05 Å². The molecule has 3 N–H and O–H groups in total. The molecule has 0 radical (unpaired) electrons. The van der Waals surface area contributed by atoms with Crippen LogP contribution in [0.4, 0.5) is 0 Å². The number of aliphatic imine (C=N–C) groups is 1. The van der Waals surface area contributed by atoms with E-state index in [0.29, 0.717) is 0 Å². The van der Waals surface area contributed by atoms with Crippen molar-refractivity contribution < 1.29 is 0 Å². The fourth-order valence-corrected chi connectivity index (χ4v) is 3.01. The number of halogens is 1. The lowest BCUT2D eigenvalue weighted by molar-refractivity contribution is 0.784. The first-order chi connectivity index (χ1) is 12.7. The molecule has 144 valence electrons. The van der Waals surface area contributed by atoms with Crippen LogP contribution in [0.2, 0.25) is 0 Å². The fourth-order valence-electron chi connectivity index (χ4n) is 3.01. The number of nitrogens with one attached hydrogen (secondary N) is 3. The second kappa shape index (κ2) is 10.3. The number of aromatic amines is 1. The van der Waals surface area contributed by atoms with Crippen molar-refractivity contribution in [1.29, 1.82) is 0 Å². The summed E-state index contributed by atoms with van der Waals surface area (Å²) in [5, 5.41) is 8.05. The van der Waals surface area contributed by atoms with Crippen molar-refractivity contribution in [1.82, 2.24) is 20.6 Å². The second-order valence-corrected chi connectivity index (χ2v) is 6.60. The van der Waals surface area contributed by atoms with Crippen LogP contribution in [0.3, 0.4) is 0 Å². The third kappa shape index (κ3) is 5.95. The smallest absolute Gasteiger partial charge is 0.190 e. The SMILES string of the molecule is CN=C(NCCc1ccc(C)nc1)NCCc1c[nH]c2cc(C)ccc12.I. The zero-order chi connectivity index (χ0) is 18.4. The molecule has 2 heterocycles. The first-order valence-electron chi connectivity index (χ1n) is 9.08. The number of benzene rings is 1. The summed E-state index contributed by atoms with van der Waals surface area (Å²) in [7, 11) is 1.80. The highest BCUT2D eigenvalue weighted by atomic mass is 127. The molecule has 1 aromatic carbocycles. The Morgan fingerprint density at radius 2 is 1.85 bits per heavy atom. The van der Waals surface area contributed by atoms with E-state index in [2.05, 4.69) is 63.0 Å². The van der Waals surface area contributed by atoms with Gasteiger partial charge in [0.05, 0.1) is 0 Å². The lowest BCUT2D eigenvalue weighted by Gasteiger charge is -2.11. The van der Waals surface area contributed by atoms with E-state index in [-0.39, 0.29) is 24.0 Å². The van der Waals surface area contributed by atoms with Crippen molar-refractivity contribution >= 4 is 40.8 Å². The molecule has 6 heteroatoms. The Balaban J connectivity index is 0.00000261. The average molecular weight is 477 g/mol. The van der Waals surface area contributed by atoms with Crippen LogP contribution in [0.25, 0.3) is 10.9 Å². The van der Waals surface area contributed by atoms with Gasteiger partial charge >= 0.3 is 0 Å². The van der Waals surface area contributed by atoms with Crippen molar-refractivity contribution in [2.45, 2.75) is 26.7 Å². The quantitative estimate of drug-likeness (QED) is 0.288. The second-order valence-electron chi connectivity index (χ2n) is 6.60. The van der Waals surface area contributed by atoms with Gasteiger partial charge < -0.3 is 15.6 Å². The molecule has 0 spiro atoms. The van der Waals surface area contributed by atoms with Crippen LogP contribution in [0, 0.1) is 13.8 Å². The number of guanidine groups is 1. The summed E-state index contributed by atoms with van der Waals surface area (Å²) in [6, 6.07) is 10.7. The number of rotatable bonds is 6. The van der Waals surface area contributed by atoms with Gasteiger partial charge in [-0.1, -0.05) is 18.2 Å². The highest BCUT2D eigenvalue weighted by Crippen LogP contribution is 2.19. The standard InChI is InChI=1S/C21H27N5.HI/c1-15-4-7-19-18(14-26-20(19)12-15)9-11-24-21(22-3)23-10-8-17-6-5-16(2)25-13-17;/h4-7,12-14,26H,8-11H2,1-3H3,(H2,22,23,24);1H. The molecule has 0 saturated carbocycles. The normalized spacial score (nSPS) is 11.3. The van der Waals surface area contributed by atoms with E-state index in [0.717, 1.165) is 37.6 Å². The van der Waals surface area contributed by atoms with E-state index >= 15 is 0 Å². The summed E-state index contributed by atoms with van der Waals surface area (Å²) in [6.45, 7) is 5.79. The van der Waals surface area contributed by atoms with Gasteiger partial charge in [-0.25, -0.2) is 0 Å². The molecule has 5 nitrogen and oxygen atoms in total. The highest BCUT2D eigenvalue weighted by Gasteiger charge is 2.04. The molecule has 0 aliphatic heterocycles. The first-order valence-corrected chi connectivity index (χ1v) is 9.08. The minimum atomic E-state index is 0. The van der Waals surface area contributed by atoms with Gasteiger partial charge in [0.25, 0.3) is 0 Å². The molecule has 0 bridgehead atoms. The topological polar surface area (TPSA) is 65.1 Å². The maximum absolute atomic E-state index is 4.33. The lowest BCUT2D eigenvalue weighted by atomic mass is 10.1. The van der Waals surface area contributed by atoms with Crippen LogP contribution in [-0.2, 0) is 12.8 Å². The first kappa shape index (κ1) is 21.2. The predicted octanol–water partition coefficient (Wildman–Crippen LogP) is 3.75. The summed E-state index contributed by atoms with van der Waals surface area (Å²) in [6.07, 6.45) is 5.92. The third-order valence-corrected chi connectivity index (χ3v) is 4.51. The minimum absolute atomic E-state index is 0. The number of aryl methyl sites for hydroxylation is 2. The Hall–Kier alpha value is -2.09. The Labute approximate surface area is 178 Å². The van der Waals surface area contributed by atoms with Crippen molar-refractivity contribution in [3.63, 3.8) is 0 Å². The Morgan fingerprint density at radius 3 is 2.56 bits per heavy atom. The lowest BCUT2D eigenvalue weighted by Crippen LogP contribution is -2.39. The maximum atomic E-state index is 4.33. The van der Waals surface area contributed by atoms with E-state index in [9.17, 15) is 0 Å². The number of aromatic nitrogens is 2. The summed E-state index contributed by atoms with van der Waals surface area (Å²) in [5.74, 6) is 0.834. The summed E-state index contributed by atoms with van der Waals surface area (Å²) in [4.78, 5) is 12.0. The zero-order valence-corrected chi connectivity index (χ0v) is 18.5. The molecule has 0 aliphatic carbocycles. The zero-order valence-electron chi connectivity index (χ0n) is 16.2. The number of pyridine rings is 1. The summed E-state index contributed by atoms with van der Waals surface area (Å²) >= 11 is 0. The van der Waals surface area contributed by atoms with Gasteiger partial charge in [-0.15, -0.1) is 24.0 Å². The van der Waals surface area contributed by atoms with Crippen LogP contribution in [0.1, 0.15) is 22.4 Å². The van der Waals surface area contributed by atoms with Crippen LogP contribution in [0.15, 0.2) is 47.7 Å². The molecule has 0 amide bonds. The molecule has 0 unspecified atom stereocenters. The molecular formula is C21H28IN5. The van der Waals surface area contributed by atoms with Crippen molar-refractivity contribution in [3.8, 4) is 0 Å². The molecule has 0 atom stereocenters. The Morgan fingerprint density at radius 1 is 1.07 bits per heavy atom. The molecule has 0 saturated heterocycles. The number of hydrogen-bond acceptors (Lipinski definition) is 2. The number of H-pyrrole nitrogens is 1. The van der Waals surface area contributed by atoms with Crippen molar-refractivity contribution in [2.75, 3.05) is 20.1 Å². The van der Waals surface area contributed by atoms with Crippen LogP contribution in [0.5, 0.6) is 0 Å². The Kier molecular flexibility index (Phi) is 8.09. The van der Waals surface area contributed by atoms with Crippen LogP contribution in [-0.4, -0.2) is 36.1 Å². The largest absolute Gasteiger partial charge is 0.361 e. The van der Waals surface area contributed by atoms with E-state index in [4.69, 9.17) is 0 Å². The molecule has 27 heavy (non-hydrogen) atoms. The molecule has 0 fully saturated rings. The van der Waals surface area contributed by atoms with Gasteiger partial charge in [-0.2, -0.15) is 0 Å². The van der Waals surface area contributed by atoms with E-state index in [1.165, 1.54) is 27.6 Å². The molecule has 2 aromatic heterocycles. The summed E-state index contributed by atoms with van der Waals surface area (Å²) in [5.41, 5.74) is 6.08. The predicted molar refractivity (Wildman–Crippen MR) is 124 cm³/mol. The van der Waals surface area contributed by atoms with Gasteiger partial charge in [0.1, 0.15) is 0 Å². The van der Waals surface area contributed by atoms with Gasteiger partial charge in [-0.3, -0.25) is 9.98 Å². The average Bonchev–Trinajstić information content (AvgIpc) is 3.04.